The normalized spacial score (nSPS) is 19.7. The number of H-pyrrole nitrogens is 1. The van der Waals surface area contributed by atoms with Gasteiger partial charge in [-0.25, -0.2) is 12.7 Å². The maximum absolute atomic E-state index is 12.4. The first kappa shape index (κ1) is 23.7. The Kier molecular flexibility index (Phi) is 5.93. The van der Waals surface area contributed by atoms with E-state index in [0.29, 0.717) is 18.7 Å². The first-order valence-electron chi connectivity index (χ1n) is 13.1. The zero-order valence-corrected chi connectivity index (χ0v) is 21.6. The Morgan fingerprint density at radius 3 is 2.47 bits per heavy atom. The molecule has 8 heteroatoms. The first-order chi connectivity index (χ1) is 17.3. The molecular weight excluding hydrogens is 472 g/mol. The van der Waals surface area contributed by atoms with Crippen LogP contribution in [0.25, 0.3) is 22.0 Å². The number of benzene rings is 2. The van der Waals surface area contributed by atoms with Crippen LogP contribution in [0, 0.1) is 5.92 Å². The van der Waals surface area contributed by atoms with Crippen molar-refractivity contribution in [3.8, 4) is 11.1 Å². The molecule has 0 bridgehead atoms. The van der Waals surface area contributed by atoms with Crippen molar-refractivity contribution in [2.24, 2.45) is 11.7 Å². The van der Waals surface area contributed by atoms with E-state index in [1.165, 1.54) is 30.5 Å². The second-order valence-electron chi connectivity index (χ2n) is 10.7. The van der Waals surface area contributed by atoms with Gasteiger partial charge in [0.05, 0.1) is 16.8 Å². The van der Waals surface area contributed by atoms with Crippen molar-refractivity contribution in [1.29, 1.82) is 0 Å². The molecule has 2 aliphatic heterocycles. The average Bonchev–Trinajstić information content (AvgIpc) is 3.44. The molecule has 0 unspecified atom stereocenters. The highest BCUT2D eigenvalue weighted by Crippen LogP contribution is 2.38. The molecule has 1 aromatic heterocycles. The molecule has 3 heterocycles. The maximum atomic E-state index is 12.4. The van der Waals surface area contributed by atoms with Crippen molar-refractivity contribution in [2.45, 2.75) is 51.6 Å². The van der Waals surface area contributed by atoms with Crippen LogP contribution in [0.3, 0.4) is 0 Å². The highest BCUT2D eigenvalue weighted by Gasteiger charge is 2.30. The highest BCUT2D eigenvalue weighted by atomic mass is 32.2. The summed E-state index contributed by atoms with van der Waals surface area (Å²) in [5.41, 5.74) is 13.1. The molecule has 3 N–H and O–H groups in total. The Morgan fingerprint density at radius 2 is 1.78 bits per heavy atom. The van der Waals surface area contributed by atoms with Crippen LogP contribution in [-0.4, -0.2) is 53.9 Å². The summed E-state index contributed by atoms with van der Waals surface area (Å²) < 4.78 is 26.2. The third kappa shape index (κ3) is 4.35. The number of carbonyl (C=O) groups excluding carboxylic acids is 1. The minimum atomic E-state index is -3.17. The van der Waals surface area contributed by atoms with Gasteiger partial charge in [-0.2, -0.15) is 0 Å². The zero-order chi connectivity index (χ0) is 25.0. The van der Waals surface area contributed by atoms with Crippen LogP contribution in [0.1, 0.15) is 65.6 Å². The molecule has 1 saturated heterocycles. The first-order valence-corrected chi connectivity index (χ1v) is 14.7. The van der Waals surface area contributed by atoms with Crippen molar-refractivity contribution < 1.29 is 13.2 Å². The van der Waals surface area contributed by atoms with E-state index in [9.17, 15) is 13.2 Å². The standard InChI is InChI=1S/C28H34N4O3S/c1-2-36(34,35)32-9-7-19(8-10-32)26-14-30-27-24(26)12-22(13-25(27)28(29)33)20-5-6-21-16-31(15-18-3-4-18)17-23(21)11-20/h5-6,11-14,18-19,30H,2-4,7-10,15-17H2,1H3,(H2,29,33). The summed E-state index contributed by atoms with van der Waals surface area (Å²) in [6.45, 7) is 5.94. The van der Waals surface area contributed by atoms with Gasteiger partial charge >= 0.3 is 0 Å². The lowest BCUT2D eigenvalue weighted by Crippen LogP contribution is -2.38. The van der Waals surface area contributed by atoms with Crippen LogP contribution in [0.4, 0.5) is 0 Å². The van der Waals surface area contributed by atoms with Crippen molar-refractivity contribution in [2.75, 3.05) is 25.4 Å². The van der Waals surface area contributed by atoms with Gasteiger partial charge in [0, 0.05) is 44.3 Å². The Morgan fingerprint density at radius 1 is 1.03 bits per heavy atom. The summed E-state index contributed by atoms with van der Waals surface area (Å²) in [5, 5.41) is 1.01. The molecule has 36 heavy (non-hydrogen) atoms. The second-order valence-corrected chi connectivity index (χ2v) is 13.0. The van der Waals surface area contributed by atoms with Crippen molar-refractivity contribution >= 4 is 26.8 Å². The fourth-order valence-corrected chi connectivity index (χ4v) is 7.15. The highest BCUT2D eigenvalue weighted by molar-refractivity contribution is 7.89. The molecule has 3 aliphatic rings. The van der Waals surface area contributed by atoms with E-state index in [2.05, 4.69) is 34.1 Å². The van der Waals surface area contributed by atoms with Gasteiger partial charge in [-0.1, -0.05) is 12.1 Å². The lowest BCUT2D eigenvalue weighted by Gasteiger charge is -2.31. The Hall–Kier alpha value is -2.68. The van der Waals surface area contributed by atoms with E-state index >= 15 is 0 Å². The molecule has 0 spiro atoms. The van der Waals surface area contributed by atoms with Gasteiger partial charge in [0.1, 0.15) is 0 Å². The molecular formula is C28H34N4O3S. The van der Waals surface area contributed by atoms with Gasteiger partial charge in [-0.15, -0.1) is 0 Å². The predicted octanol–water partition coefficient (Wildman–Crippen LogP) is 4.19. The Balaban J connectivity index is 1.32. The number of fused-ring (bicyclic) bond motifs is 2. The minimum Gasteiger partial charge on any atom is -0.366 e. The molecule has 6 rings (SSSR count). The molecule has 2 fully saturated rings. The van der Waals surface area contributed by atoms with Crippen LogP contribution in [0.2, 0.25) is 0 Å². The number of aromatic amines is 1. The molecule has 1 aliphatic carbocycles. The summed E-state index contributed by atoms with van der Waals surface area (Å²) in [6.07, 6.45) is 6.23. The number of primary amides is 1. The van der Waals surface area contributed by atoms with Gasteiger partial charge in [0.15, 0.2) is 0 Å². The average molecular weight is 507 g/mol. The second kappa shape index (κ2) is 9.01. The molecule has 1 amide bonds. The maximum Gasteiger partial charge on any atom is 0.250 e. The largest absolute Gasteiger partial charge is 0.366 e. The number of hydrogen-bond donors (Lipinski definition) is 2. The number of hydrogen-bond acceptors (Lipinski definition) is 4. The number of sulfonamides is 1. The molecule has 7 nitrogen and oxygen atoms in total. The van der Waals surface area contributed by atoms with E-state index in [1.807, 2.05) is 12.3 Å². The molecule has 3 aromatic rings. The smallest absolute Gasteiger partial charge is 0.250 e. The number of aromatic nitrogens is 1. The van der Waals surface area contributed by atoms with E-state index in [4.69, 9.17) is 5.73 Å². The van der Waals surface area contributed by atoms with Gasteiger partial charge in [0.2, 0.25) is 10.0 Å². The topological polar surface area (TPSA) is 99.5 Å². The quantitative estimate of drug-likeness (QED) is 0.502. The number of nitrogens with zero attached hydrogens (tertiary/aromatic N) is 2. The van der Waals surface area contributed by atoms with E-state index in [-0.39, 0.29) is 11.7 Å². The van der Waals surface area contributed by atoms with Gasteiger partial charge in [-0.05, 0) is 90.5 Å². The van der Waals surface area contributed by atoms with E-state index in [1.54, 1.807) is 11.2 Å². The summed E-state index contributed by atoms with van der Waals surface area (Å²) in [7, 11) is -3.17. The van der Waals surface area contributed by atoms with Gasteiger partial charge in [-0.3, -0.25) is 9.69 Å². The van der Waals surface area contributed by atoms with Crippen molar-refractivity contribution in [1.82, 2.24) is 14.2 Å². The molecule has 2 aromatic carbocycles. The SMILES string of the molecule is CCS(=O)(=O)N1CCC(c2c[nH]c3c(C(N)=O)cc(-c4ccc5c(c4)CN(CC4CC4)C5)cc23)CC1. The van der Waals surface area contributed by atoms with E-state index < -0.39 is 15.9 Å². The number of rotatable bonds is 7. The predicted molar refractivity (Wildman–Crippen MR) is 142 cm³/mol. The van der Waals surface area contributed by atoms with Gasteiger partial charge in [0.25, 0.3) is 5.91 Å². The van der Waals surface area contributed by atoms with Crippen LogP contribution in [0.15, 0.2) is 36.5 Å². The number of piperidine rings is 1. The molecule has 0 atom stereocenters. The number of nitrogens with one attached hydrogen (secondary N) is 1. The molecule has 0 radical (unpaired) electrons. The zero-order valence-electron chi connectivity index (χ0n) is 20.8. The Labute approximate surface area is 212 Å². The molecule has 190 valence electrons. The number of nitrogens with two attached hydrogens (primary N) is 1. The lowest BCUT2D eigenvalue weighted by atomic mass is 9.88. The fraction of sp³-hybridized carbons (Fsp3) is 0.464. The summed E-state index contributed by atoms with van der Waals surface area (Å²) in [5.74, 6) is 0.792. The summed E-state index contributed by atoms with van der Waals surface area (Å²) in [6, 6.07) is 10.7. The van der Waals surface area contributed by atoms with Crippen molar-refractivity contribution in [3.05, 3.63) is 58.8 Å². The molecule has 1 saturated carbocycles. The summed E-state index contributed by atoms with van der Waals surface area (Å²) >= 11 is 0. The van der Waals surface area contributed by atoms with Crippen LogP contribution in [0.5, 0.6) is 0 Å². The van der Waals surface area contributed by atoms with Crippen LogP contribution in [-0.2, 0) is 23.1 Å². The third-order valence-electron chi connectivity index (χ3n) is 8.28. The van der Waals surface area contributed by atoms with Crippen molar-refractivity contribution in [3.63, 3.8) is 0 Å². The number of carbonyl (C=O) groups is 1. The monoisotopic (exact) mass is 506 g/mol. The lowest BCUT2D eigenvalue weighted by molar-refractivity contribution is 0.100. The minimum absolute atomic E-state index is 0.134. The third-order valence-corrected chi connectivity index (χ3v) is 10.2. The fourth-order valence-electron chi connectivity index (χ4n) is 6.02. The summed E-state index contributed by atoms with van der Waals surface area (Å²) in [4.78, 5) is 18.3. The Bertz CT molecular complexity index is 1430. The number of amides is 1. The van der Waals surface area contributed by atoms with Gasteiger partial charge < -0.3 is 10.7 Å². The van der Waals surface area contributed by atoms with E-state index in [0.717, 1.165) is 59.4 Å². The van der Waals surface area contributed by atoms with Crippen LogP contribution < -0.4 is 5.73 Å². The van der Waals surface area contributed by atoms with Crippen LogP contribution >= 0.6 is 0 Å².